The first-order valence-electron chi connectivity index (χ1n) is 10.1. The summed E-state index contributed by atoms with van der Waals surface area (Å²) in [5.41, 5.74) is 8.22. The molecule has 7 nitrogen and oxygen atoms in total. The van der Waals surface area contributed by atoms with Crippen LogP contribution in [-0.4, -0.2) is 35.2 Å². The number of carbonyl (C=O) groups excluding carboxylic acids is 1. The number of primary amides is 1. The molecule has 2 heterocycles. The summed E-state index contributed by atoms with van der Waals surface area (Å²) in [6.07, 6.45) is 2.75. The van der Waals surface area contributed by atoms with E-state index >= 15 is 0 Å². The Balaban J connectivity index is 1.62. The summed E-state index contributed by atoms with van der Waals surface area (Å²) in [7, 11) is 1.51. The average Bonchev–Trinajstić information content (AvgIpc) is 3.52. The zero-order valence-corrected chi connectivity index (χ0v) is 16.7. The van der Waals surface area contributed by atoms with Crippen molar-refractivity contribution in [3.63, 3.8) is 0 Å². The van der Waals surface area contributed by atoms with Crippen LogP contribution in [0.1, 0.15) is 19.3 Å². The summed E-state index contributed by atoms with van der Waals surface area (Å²) in [6, 6.07) is 8.08. The van der Waals surface area contributed by atoms with Crippen molar-refractivity contribution in [2.24, 2.45) is 11.7 Å². The summed E-state index contributed by atoms with van der Waals surface area (Å²) in [6.45, 7) is 1.22. The lowest BCUT2D eigenvalue weighted by Gasteiger charge is -2.17. The summed E-state index contributed by atoms with van der Waals surface area (Å²) < 4.78 is 27.9. The number of nitrogens with one attached hydrogen (secondary N) is 1. The van der Waals surface area contributed by atoms with E-state index < -0.39 is 11.9 Å². The molecule has 0 spiro atoms. The molecule has 1 aliphatic heterocycles. The van der Waals surface area contributed by atoms with Gasteiger partial charge in [-0.05, 0) is 43.4 Å². The SMILES string of the molecule is COc1ccc(-c2nc3cc(N[C@H](C(N)=O)C4CC4)cc4c3n2CCCO4)c(F)c1. The van der Waals surface area contributed by atoms with Gasteiger partial charge in [-0.25, -0.2) is 9.37 Å². The molecule has 2 aromatic carbocycles. The van der Waals surface area contributed by atoms with Crippen molar-refractivity contribution in [2.75, 3.05) is 19.0 Å². The van der Waals surface area contributed by atoms with E-state index in [-0.39, 0.29) is 11.8 Å². The Bertz CT molecular complexity index is 1140. The normalized spacial score (nSPS) is 16.6. The number of hydrogen-bond donors (Lipinski definition) is 2. The van der Waals surface area contributed by atoms with Gasteiger partial charge in [-0.1, -0.05) is 0 Å². The van der Waals surface area contributed by atoms with Gasteiger partial charge in [0.1, 0.15) is 34.7 Å². The Labute approximate surface area is 173 Å². The molecule has 5 rings (SSSR count). The van der Waals surface area contributed by atoms with Crippen molar-refractivity contribution >= 4 is 22.6 Å². The van der Waals surface area contributed by atoms with Gasteiger partial charge in [0.15, 0.2) is 0 Å². The highest BCUT2D eigenvalue weighted by molar-refractivity contribution is 5.91. The van der Waals surface area contributed by atoms with E-state index in [2.05, 4.69) is 5.32 Å². The minimum absolute atomic E-state index is 0.264. The van der Waals surface area contributed by atoms with Crippen LogP contribution < -0.4 is 20.5 Å². The van der Waals surface area contributed by atoms with Gasteiger partial charge in [0.2, 0.25) is 5.91 Å². The second-order valence-electron chi connectivity index (χ2n) is 7.84. The van der Waals surface area contributed by atoms with Crippen molar-refractivity contribution in [1.29, 1.82) is 0 Å². The molecule has 1 fully saturated rings. The number of methoxy groups -OCH3 is 1. The number of benzene rings is 2. The first-order valence-corrected chi connectivity index (χ1v) is 10.1. The van der Waals surface area contributed by atoms with E-state index in [4.69, 9.17) is 20.2 Å². The minimum Gasteiger partial charge on any atom is -0.497 e. The Hall–Kier alpha value is -3.29. The second-order valence-corrected chi connectivity index (χ2v) is 7.84. The van der Waals surface area contributed by atoms with E-state index in [1.165, 1.54) is 13.2 Å². The summed E-state index contributed by atoms with van der Waals surface area (Å²) >= 11 is 0. The molecule has 156 valence electrons. The van der Waals surface area contributed by atoms with E-state index in [9.17, 15) is 9.18 Å². The zero-order chi connectivity index (χ0) is 20.8. The highest BCUT2D eigenvalue weighted by Gasteiger charge is 2.35. The van der Waals surface area contributed by atoms with Crippen molar-refractivity contribution in [2.45, 2.75) is 31.8 Å². The van der Waals surface area contributed by atoms with Gasteiger partial charge in [0.05, 0.1) is 24.8 Å². The van der Waals surface area contributed by atoms with Crippen molar-refractivity contribution in [3.8, 4) is 22.9 Å². The van der Waals surface area contributed by atoms with Crippen LogP contribution in [0.3, 0.4) is 0 Å². The van der Waals surface area contributed by atoms with Gasteiger partial charge in [0.25, 0.3) is 0 Å². The number of amides is 1. The molecule has 1 amide bonds. The number of rotatable bonds is 6. The lowest BCUT2D eigenvalue weighted by Crippen LogP contribution is -2.37. The molecular formula is C22H23FN4O3. The number of hydrogen-bond acceptors (Lipinski definition) is 5. The van der Waals surface area contributed by atoms with Gasteiger partial charge in [-0.15, -0.1) is 0 Å². The van der Waals surface area contributed by atoms with Crippen LogP contribution in [0, 0.1) is 11.7 Å². The molecule has 1 aromatic heterocycles. The largest absolute Gasteiger partial charge is 0.497 e. The number of carbonyl (C=O) groups is 1. The van der Waals surface area contributed by atoms with Crippen LogP contribution in [0.2, 0.25) is 0 Å². The molecular weight excluding hydrogens is 387 g/mol. The van der Waals surface area contributed by atoms with Crippen molar-refractivity contribution in [3.05, 3.63) is 36.1 Å². The predicted molar refractivity (Wildman–Crippen MR) is 111 cm³/mol. The molecule has 1 aliphatic carbocycles. The van der Waals surface area contributed by atoms with E-state index in [1.54, 1.807) is 12.1 Å². The second kappa shape index (κ2) is 7.19. The molecule has 1 saturated carbocycles. The molecule has 3 aromatic rings. The fourth-order valence-electron chi connectivity index (χ4n) is 4.09. The fourth-order valence-corrected chi connectivity index (χ4v) is 4.09. The Kier molecular flexibility index (Phi) is 4.49. The lowest BCUT2D eigenvalue weighted by molar-refractivity contribution is -0.119. The topological polar surface area (TPSA) is 91.4 Å². The average molecular weight is 410 g/mol. The van der Waals surface area contributed by atoms with Gasteiger partial charge < -0.3 is 25.1 Å². The first kappa shape index (κ1) is 18.7. The maximum Gasteiger partial charge on any atom is 0.240 e. The number of aryl methyl sites for hydroxylation is 1. The third-order valence-corrected chi connectivity index (χ3v) is 5.73. The number of imidazole rings is 1. The van der Waals surface area contributed by atoms with Crippen LogP contribution in [-0.2, 0) is 11.3 Å². The van der Waals surface area contributed by atoms with Gasteiger partial charge >= 0.3 is 0 Å². The molecule has 0 bridgehead atoms. The van der Waals surface area contributed by atoms with Crippen molar-refractivity contribution < 1.29 is 18.7 Å². The number of nitrogens with two attached hydrogens (primary N) is 1. The molecule has 0 unspecified atom stereocenters. The summed E-state index contributed by atoms with van der Waals surface area (Å²) in [4.78, 5) is 16.6. The molecule has 2 aliphatic rings. The minimum atomic E-state index is -0.416. The highest BCUT2D eigenvalue weighted by Crippen LogP contribution is 2.39. The zero-order valence-electron chi connectivity index (χ0n) is 16.7. The van der Waals surface area contributed by atoms with Crippen molar-refractivity contribution in [1.82, 2.24) is 9.55 Å². The van der Waals surface area contributed by atoms with E-state index in [0.717, 1.165) is 30.5 Å². The quantitative estimate of drug-likeness (QED) is 0.651. The molecule has 3 N–H and O–H groups in total. The van der Waals surface area contributed by atoms with Crippen LogP contribution in [0.15, 0.2) is 30.3 Å². The number of aromatic nitrogens is 2. The van der Waals surface area contributed by atoms with Gasteiger partial charge in [-0.2, -0.15) is 0 Å². The third kappa shape index (κ3) is 3.22. The van der Waals surface area contributed by atoms with E-state index in [1.807, 2.05) is 16.7 Å². The summed E-state index contributed by atoms with van der Waals surface area (Å²) in [5.74, 6) is 1.17. The Morgan fingerprint density at radius 3 is 2.90 bits per heavy atom. The number of anilines is 1. The highest BCUT2D eigenvalue weighted by atomic mass is 19.1. The molecule has 0 saturated heterocycles. The van der Waals surface area contributed by atoms with Gasteiger partial charge in [-0.3, -0.25) is 4.79 Å². The van der Waals surface area contributed by atoms with Crippen LogP contribution in [0.25, 0.3) is 22.4 Å². The first-order chi connectivity index (χ1) is 14.5. The smallest absolute Gasteiger partial charge is 0.240 e. The maximum atomic E-state index is 14.8. The number of ether oxygens (including phenoxy) is 2. The number of nitrogens with zero attached hydrogens (tertiary/aromatic N) is 2. The van der Waals surface area contributed by atoms with Crippen LogP contribution >= 0.6 is 0 Å². The van der Waals surface area contributed by atoms with Gasteiger partial charge in [0, 0.05) is 24.4 Å². The number of halogens is 1. The predicted octanol–water partition coefficient (Wildman–Crippen LogP) is 3.31. The third-order valence-electron chi connectivity index (χ3n) is 5.73. The molecule has 8 heteroatoms. The molecule has 0 radical (unpaired) electrons. The van der Waals surface area contributed by atoms with E-state index in [0.29, 0.717) is 41.6 Å². The summed E-state index contributed by atoms with van der Waals surface area (Å²) in [5, 5.41) is 3.25. The standard InChI is InChI=1S/C22H23FN4O3/c1-29-14-5-6-15(16(23)11-14)22-26-17-9-13(25-19(21(24)28)12-3-4-12)10-18-20(17)27(22)7-2-8-30-18/h5-6,9-12,19,25H,2-4,7-8H2,1H3,(H2,24,28)/t19-/m0/s1. The Morgan fingerprint density at radius 2 is 2.20 bits per heavy atom. The van der Waals surface area contributed by atoms with Crippen LogP contribution in [0.5, 0.6) is 11.5 Å². The molecule has 1 atom stereocenters. The monoisotopic (exact) mass is 410 g/mol. The molecule has 30 heavy (non-hydrogen) atoms. The Morgan fingerprint density at radius 1 is 1.37 bits per heavy atom. The maximum absolute atomic E-state index is 14.8. The fraction of sp³-hybridized carbons (Fsp3) is 0.364. The van der Waals surface area contributed by atoms with Crippen LogP contribution in [0.4, 0.5) is 10.1 Å². The lowest BCUT2D eigenvalue weighted by atomic mass is 10.1.